The van der Waals surface area contributed by atoms with Crippen LogP contribution < -0.4 is 0 Å². The summed E-state index contributed by atoms with van der Waals surface area (Å²) in [5.41, 5.74) is -0.211. The Balaban J connectivity index is 0.000000594. The normalized spacial score (nSPS) is 11.6. The third-order valence-electron chi connectivity index (χ3n) is 3.22. The van der Waals surface area contributed by atoms with Gasteiger partial charge in [-0.15, -0.1) is 0 Å². The molecule has 0 unspecified atom stereocenters. The number of halogens is 3. The maximum atomic E-state index is 12.2. The number of carbonyl (C=O) groups is 2. The van der Waals surface area contributed by atoms with Crippen LogP contribution in [0.4, 0.5) is 13.2 Å². The first-order valence-electron chi connectivity index (χ1n) is 9.57. The lowest BCUT2D eigenvalue weighted by Crippen LogP contribution is -2.12. The molecule has 0 aliphatic carbocycles. The summed E-state index contributed by atoms with van der Waals surface area (Å²) in [4.78, 5) is 22.0. The molecule has 0 aromatic heterocycles. The number of hydrogen-bond donors (Lipinski definition) is 0. The molecule has 0 aliphatic heterocycles. The Morgan fingerprint density at radius 1 is 0.903 bits per heavy atom. The molecule has 0 aliphatic rings. The summed E-state index contributed by atoms with van der Waals surface area (Å²) >= 11 is 0. The second kappa shape index (κ2) is 14.8. The average molecular weight is 468 g/mol. The van der Waals surface area contributed by atoms with Crippen LogP contribution >= 0.6 is 7.60 Å². The number of rotatable bonds is 10. The third kappa shape index (κ3) is 13.0. The summed E-state index contributed by atoms with van der Waals surface area (Å²) in [6, 6.07) is 4.51. The zero-order chi connectivity index (χ0) is 23.9. The van der Waals surface area contributed by atoms with E-state index in [4.69, 9.17) is 9.05 Å². The second-order valence-electron chi connectivity index (χ2n) is 5.61. The van der Waals surface area contributed by atoms with Crippen molar-refractivity contribution in [3.8, 4) is 0 Å². The highest BCUT2D eigenvalue weighted by Crippen LogP contribution is 2.47. The van der Waals surface area contributed by atoms with E-state index >= 15 is 0 Å². The lowest BCUT2D eigenvalue weighted by molar-refractivity contribution is -0.140. The van der Waals surface area contributed by atoms with E-state index < -0.39 is 31.3 Å². The van der Waals surface area contributed by atoms with E-state index in [9.17, 15) is 27.3 Å². The van der Waals surface area contributed by atoms with Gasteiger partial charge in [-0.1, -0.05) is 12.1 Å². The van der Waals surface area contributed by atoms with Crippen molar-refractivity contribution in [3.05, 3.63) is 41.5 Å². The Morgan fingerprint density at radius 3 is 1.84 bits per heavy atom. The van der Waals surface area contributed by atoms with Crippen molar-refractivity contribution in [2.24, 2.45) is 0 Å². The Kier molecular flexibility index (Phi) is 13.7. The van der Waals surface area contributed by atoms with Gasteiger partial charge in [0.1, 0.15) is 6.16 Å². The predicted octanol–water partition coefficient (Wildman–Crippen LogP) is 5.10. The summed E-state index contributed by atoms with van der Waals surface area (Å²) in [5, 5.41) is 0. The van der Waals surface area contributed by atoms with E-state index in [0.29, 0.717) is 5.56 Å². The SMILES string of the molecule is CCOC(=O)/C=C/c1ccc(C(F)(F)F)cc1.CCOC(=O)CP(=O)(OCC)OCC. The summed E-state index contributed by atoms with van der Waals surface area (Å²) in [5.74, 6) is -1.08. The minimum Gasteiger partial charge on any atom is -0.466 e. The first kappa shape index (κ1) is 28.8. The van der Waals surface area contributed by atoms with E-state index in [2.05, 4.69) is 9.47 Å². The van der Waals surface area contributed by atoms with E-state index in [0.717, 1.165) is 12.1 Å². The largest absolute Gasteiger partial charge is 0.466 e. The first-order chi connectivity index (χ1) is 14.5. The maximum absolute atomic E-state index is 12.2. The topological polar surface area (TPSA) is 88.1 Å². The number of hydrogen-bond acceptors (Lipinski definition) is 7. The predicted molar refractivity (Wildman–Crippen MR) is 109 cm³/mol. The number of esters is 2. The molecule has 7 nitrogen and oxygen atoms in total. The van der Waals surface area contributed by atoms with Gasteiger partial charge in [-0.2, -0.15) is 13.2 Å². The van der Waals surface area contributed by atoms with Gasteiger partial charge >= 0.3 is 25.7 Å². The number of benzene rings is 1. The van der Waals surface area contributed by atoms with Gasteiger partial charge in [0.05, 0.1) is 32.0 Å². The van der Waals surface area contributed by atoms with E-state index in [-0.39, 0.29) is 32.6 Å². The van der Waals surface area contributed by atoms with Crippen molar-refractivity contribution in [2.45, 2.75) is 33.9 Å². The highest BCUT2D eigenvalue weighted by molar-refractivity contribution is 7.54. The van der Waals surface area contributed by atoms with Crippen LogP contribution in [0, 0.1) is 0 Å². The van der Waals surface area contributed by atoms with Crippen LogP contribution in [0.25, 0.3) is 6.08 Å². The monoisotopic (exact) mass is 468 g/mol. The van der Waals surface area contributed by atoms with Gasteiger partial charge in [-0.25, -0.2) is 4.79 Å². The van der Waals surface area contributed by atoms with Crippen LogP contribution in [-0.2, 0) is 38.9 Å². The van der Waals surface area contributed by atoms with Crippen LogP contribution in [0.5, 0.6) is 0 Å². The summed E-state index contributed by atoms with van der Waals surface area (Å²) in [7, 11) is -3.28. The average Bonchev–Trinajstić information content (AvgIpc) is 2.67. The Labute approximate surface area is 180 Å². The quantitative estimate of drug-likeness (QED) is 0.268. The van der Waals surface area contributed by atoms with Crippen LogP contribution in [-0.4, -0.2) is 44.5 Å². The molecule has 0 saturated carbocycles. The molecule has 0 bridgehead atoms. The van der Waals surface area contributed by atoms with Gasteiger partial charge < -0.3 is 18.5 Å². The van der Waals surface area contributed by atoms with Crippen LogP contribution in [0.1, 0.15) is 38.8 Å². The smallest absolute Gasteiger partial charge is 0.416 e. The molecule has 11 heteroatoms. The second-order valence-corrected chi connectivity index (χ2v) is 7.67. The van der Waals surface area contributed by atoms with E-state index in [1.54, 1.807) is 27.7 Å². The zero-order valence-electron chi connectivity index (χ0n) is 17.9. The van der Waals surface area contributed by atoms with Crippen LogP contribution in [0.2, 0.25) is 0 Å². The van der Waals surface area contributed by atoms with Crippen LogP contribution in [0.3, 0.4) is 0 Å². The van der Waals surface area contributed by atoms with Gasteiger partial charge in [0.25, 0.3) is 0 Å². The lowest BCUT2D eigenvalue weighted by atomic mass is 10.1. The van der Waals surface area contributed by atoms with Crippen molar-refractivity contribution in [1.82, 2.24) is 0 Å². The third-order valence-corrected chi connectivity index (χ3v) is 5.16. The zero-order valence-corrected chi connectivity index (χ0v) is 18.8. The molecule has 1 aromatic rings. The summed E-state index contributed by atoms with van der Waals surface area (Å²) in [6.45, 7) is 7.75. The highest BCUT2D eigenvalue weighted by atomic mass is 31.2. The molecule has 0 atom stereocenters. The fourth-order valence-electron chi connectivity index (χ4n) is 2.02. The molecule has 176 valence electrons. The molecule has 0 heterocycles. The standard InChI is InChI=1S/C12H11F3O2.C8H17O5P/c1-2-17-11(16)8-5-9-3-6-10(7-4-9)12(13,14)15;1-4-11-8(9)7-14(10,12-5-2)13-6-3/h3-8H,2H2,1H3;4-7H2,1-3H3/b8-5+;. The highest BCUT2D eigenvalue weighted by Gasteiger charge is 2.30. The molecule has 0 fully saturated rings. The molecular weight excluding hydrogens is 440 g/mol. The molecular formula is C20H28F3O7P. The van der Waals surface area contributed by atoms with Crippen molar-refractivity contribution in [3.63, 3.8) is 0 Å². The number of ether oxygens (including phenoxy) is 2. The summed E-state index contributed by atoms with van der Waals surface area (Å²) in [6.07, 6.45) is -2.09. The van der Waals surface area contributed by atoms with Crippen LogP contribution in [0.15, 0.2) is 30.3 Å². The van der Waals surface area contributed by atoms with Crippen molar-refractivity contribution >= 4 is 25.6 Å². The minimum absolute atomic E-state index is 0.247. The first-order valence-corrected chi connectivity index (χ1v) is 11.3. The van der Waals surface area contributed by atoms with Gasteiger partial charge in [-0.3, -0.25) is 9.36 Å². The Hall–Kier alpha value is -2.16. The lowest BCUT2D eigenvalue weighted by Gasteiger charge is -2.15. The maximum Gasteiger partial charge on any atom is 0.416 e. The van der Waals surface area contributed by atoms with Gasteiger partial charge in [0.2, 0.25) is 0 Å². The fourth-order valence-corrected chi connectivity index (χ4v) is 3.48. The molecule has 1 aromatic carbocycles. The van der Waals surface area contributed by atoms with Crippen molar-refractivity contribution < 1.29 is 45.8 Å². The Morgan fingerprint density at radius 2 is 1.42 bits per heavy atom. The molecule has 0 N–H and O–H groups in total. The summed E-state index contributed by atoms with van der Waals surface area (Å²) < 4.78 is 67.6. The molecule has 0 saturated heterocycles. The van der Waals surface area contributed by atoms with E-state index in [1.807, 2.05) is 0 Å². The Bertz CT molecular complexity index is 736. The number of alkyl halides is 3. The molecule has 1 rings (SSSR count). The van der Waals surface area contributed by atoms with E-state index in [1.165, 1.54) is 24.3 Å². The number of carbonyl (C=O) groups excluding carboxylic acids is 2. The van der Waals surface area contributed by atoms with Crippen molar-refractivity contribution in [1.29, 1.82) is 0 Å². The molecule has 0 radical (unpaired) electrons. The molecule has 0 amide bonds. The molecule has 31 heavy (non-hydrogen) atoms. The van der Waals surface area contributed by atoms with Crippen molar-refractivity contribution in [2.75, 3.05) is 32.6 Å². The fraction of sp³-hybridized carbons (Fsp3) is 0.500. The van der Waals surface area contributed by atoms with Gasteiger partial charge in [-0.05, 0) is 51.5 Å². The molecule has 0 spiro atoms. The van der Waals surface area contributed by atoms with Gasteiger partial charge in [0.15, 0.2) is 0 Å². The van der Waals surface area contributed by atoms with Gasteiger partial charge in [0, 0.05) is 6.08 Å². The minimum atomic E-state index is -4.34.